The van der Waals surface area contributed by atoms with E-state index in [2.05, 4.69) is 20.4 Å². The molecule has 0 bridgehead atoms. The summed E-state index contributed by atoms with van der Waals surface area (Å²) in [5, 5.41) is 8.53. The molecule has 1 amide bonds. The van der Waals surface area contributed by atoms with Gasteiger partial charge in [-0.2, -0.15) is 5.10 Å². The zero-order chi connectivity index (χ0) is 17.6. The lowest BCUT2D eigenvalue weighted by atomic mass is 10.2. The minimum atomic E-state index is -0.261. The SMILES string of the molecule is C1CCOCC1.Cn1ccc(NC(=O)c2csc3cnc(N)nc23)n1. The van der Waals surface area contributed by atoms with Crippen LogP contribution in [0.4, 0.5) is 11.8 Å². The number of carbonyl (C=O) groups excluding carboxylic acids is 1. The molecule has 3 aromatic rings. The molecule has 0 aliphatic carbocycles. The normalized spacial score (nSPS) is 14.0. The molecule has 0 radical (unpaired) electrons. The molecule has 1 fully saturated rings. The van der Waals surface area contributed by atoms with Gasteiger partial charge in [0.25, 0.3) is 5.91 Å². The minimum Gasteiger partial charge on any atom is -0.381 e. The second-order valence-corrected chi connectivity index (χ2v) is 6.50. The van der Waals surface area contributed by atoms with E-state index in [0.717, 1.165) is 17.9 Å². The third-order valence-electron chi connectivity index (χ3n) is 3.61. The van der Waals surface area contributed by atoms with Crippen molar-refractivity contribution in [3.63, 3.8) is 0 Å². The monoisotopic (exact) mass is 360 g/mol. The molecule has 1 aliphatic heterocycles. The van der Waals surface area contributed by atoms with E-state index in [1.807, 2.05) is 0 Å². The fourth-order valence-electron chi connectivity index (χ4n) is 2.36. The molecule has 25 heavy (non-hydrogen) atoms. The molecule has 3 N–H and O–H groups in total. The third kappa shape index (κ3) is 4.52. The first-order chi connectivity index (χ1) is 12.1. The molecular weight excluding hydrogens is 340 g/mol. The van der Waals surface area contributed by atoms with E-state index < -0.39 is 0 Å². The zero-order valence-electron chi connectivity index (χ0n) is 13.9. The van der Waals surface area contributed by atoms with Gasteiger partial charge in [-0.15, -0.1) is 11.3 Å². The third-order valence-corrected chi connectivity index (χ3v) is 4.52. The average Bonchev–Trinajstić information content (AvgIpc) is 3.22. The lowest BCUT2D eigenvalue weighted by Crippen LogP contribution is -2.12. The van der Waals surface area contributed by atoms with Crippen LogP contribution < -0.4 is 11.1 Å². The number of carbonyl (C=O) groups is 1. The van der Waals surface area contributed by atoms with Gasteiger partial charge in [-0.25, -0.2) is 9.97 Å². The molecule has 1 aliphatic rings. The Hall–Kier alpha value is -2.52. The van der Waals surface area contributed by atoms with Gasteiger partial charge in [0.05, 0.1) is 22.0 Å². The van der Waals surface area contributed by atoms with E-state index in [1.165, 1.54) is 30.6 Å². The molecule has 132 valence electrons. The number of hydrogen-bond acceptors (Lipinski definition) is 7. The minimum absolute atomic E-state index is 0.151. The molecule has 0 atom stereocenters. The number of thiophene rings is 1. The summed E-state index contributed by atoms with van der Waals surface area (Å²) in [7, 11) is 1.78. The number of rotatable bonds is 2. The Morgan fingerprint density at radius 1 is 1.36 bits per heavy atom. The lowest BCUT2D eigenvalue weighted by molar-refractivity contribution is 0.0968. The first kappa shape index (κ1) is 17.3. The van der Waals surface area contributed by atoms with Crippen LogP contribution in [-0.4, -0.2) is 38.9 Å². The van der Waals surface area contributed by atoms with Gasteiger partial charge in [-0.05, 0) is 19.3 Å². The fourth-order valence-corrected chi connectivity index (χ4v) is 3.20. The highest BCUT2D eigenvalue weighted by molar-refractivity contribution is 7.17. The number of amides is 1. The Balaban J connectivity index is 0.000000258. The van der Waals surface area contributed by atoms with Crippen molar-refractivity contribution in [2.45, 2.75) is 19.3 Å². The van der Waals surface area contributed by atoms with Gasteiger partial charge >= 0.3 is 0 Å². The first-order valence-electron chi connectivity index (χ1n) is 8.02. The molecule has 1 saturated heterocycles. The quantitative estimate of drug-likeness (QED) is 0.727. The molecule has 8 nitrogen and oxygen atoms in total. The van der Waals surface area contributed by atoms with E-state index in [1.54, 1.807) is 35.6 Å². The second-order valence-electron chi connectivity index (χ2n) is 5.59. The second kappa shape index (κ2) is 8.04. The van der Waals surface area contributed by atoms with Crippen LogP contribution in [0.15, 0.2) is 23.8 Å². The molecule has 4 rings (SSSR count). The van der Waals surface area contributed by atoms with E-state index in [9.17, 15) is 4.79 Å². The molecule has 4 heterocycles. The average molecular weight is 360 g/mol. The number of anilines is 2. The topological polar surface area (TPSA) is 108 Å². The molecule has 3 aromatic heterocycles. The predicted octanol–water partition coefficient (Wildman–Crippen LogP) is 2.45. The Morgan fingerprint density at radius 2 is 2.16 bits per heavy atom. The molecule has 0 spiro atoms. The van der Waals surface area contributed by atoms with Gasteiger partial charge in [-0.1, -0.05) is 0 Å². The maximum Gasteiger partial charge on any atom is 0.259 e. The van der Waals surface area contributed by atoms with Gasteiger partial charge < -0.3 is 15.8 Å². The van der Waals surface area contributed by atoms with Crippen LogP contribution in [0.3, 0.4) is 0 Å². The summed E-state index contributed by atoms with van der Waals surface area (Å²) in [6, 6.07) is 1.72. The van der Waals surface area contributed by atoms with Crippen molar-refractivity contribution in [1.82, 2.24) is 19.7 Å². The highest BCUT2D eigenvalue weighted by atomic mass is 32.1. The Morgan fingerprint density at radius 3 is 2.76 bits per heavy atom. The summed E-state index contributed by atoms with van der Waals surface area (Å²) in [5.74, 6) is 0.384. The number of hydrogen-bond donors (Lipinski definition) is 2. The van der Waals surface area contributed by atoms with Crippen LogP contribution in [0.2, 0.25) is 0 Å². The summed E-state index contributed by atoms with van der Waals surface area (Å²) in [5.41, 5.74) is 6.58. The maximum atomic E-state index is 12.2. The van der Waals surface area contributed by atoms with E-state index in [4.69, 9.17) is 10.5 Å². The van der Waals surface area contributed by atoms with Crippen LogP contribution in [0.25, 0.3) is 10.2 Å². The van der Waals surface area contributed by atoms with Crippen molar-refractivity contribution in [2.75, 3.05) is 24.3 Å². The van der Waals surface area contributed by atoms with Crippen molar-refractivity contribution in [2.24, 2.45) is 7.05 Å². The number of nitrogens with zero attached hydrogens (tertiary/aromatic N) is 4. The number of nitrogen functional groups attached to an aromatic ring is 1. The van der Waals surface area contributed by atoms with Crippen LogP contribution in [0.5, 0.6) is 0 Å². The number of aryl methyl sites for hydroxylation is 1. The molecule has 0 aromatic carbocycles. The number of fused-ring (bicyclic) bond motifs is 1. The number of aromatic nitrogens is 4. The standard InChI is InChI=1S/C11H10N6OS.C5H10O/c1-17-3-2-8(16-17)14-10(18)6-5-19-7-4-13-11(12)15-9(6)7;1-2-4-6-5-3-1/h2-5H,1H3,(H2,12,13,15)(H,14,16,18);1-5H2. The van der Waals surface area contributed by atoms with Crippen molar-refractivity contribution >= 4 is 39.2 Å². The van der Waals surface area contributed by atoms with Crippen molar-refractivity contribution in [3.05, 3.63) is 29.4 Å². The summed E-state index contributed by atoms with van der Waals surface area (Å²) in [6.45, 7) is 2.00. The largest absolute Gasteiger partial charge is 0.381 e. The number of nitrogens with two attached hydrogens (primary N) is 1. The van der Waals surface area contributed by atoms with Gasteiger partial charge in [-0.3, -0.25) is 9.48 Å². The summed E-state index contributed by atoms with van der Waals surface area (Å²) >= 11 is 1.40. The van der Waals surface area contributed by atoms with Crippen molar-refractivity contribution < 1.29 is 9.53 Å². The first-order valence-corrected chi connectivity index (χ1v) is 8.90. The number of ether oxygens (including phenoxy) is 1. The Labute approximate surface area is 149 Å². The van der Waals surface area contributed by atoms with Gasteiger partial charge in [0, 0.05) is 37.9 Å². The highest BCUT2D eigenvalue weighted by Crippen LogP contribution is 2.24. The predicted molar refractivity (Wildman–Crippen MR) is 97.7 cm³/mol. The van der Waals surface area contributed by atoms with E-state index in [-0.39, 0.29) is 11.9 Å². The van der Waals surface area contributed by atoms with Crippen LogP contribution in [-0.2, 0) is 11.8 Å². The molecule has 9 heteroatoms. The summed E-state index contributed by atoms with van der Waals surface area (Å²) < 4.78 is 7.50. The van der Waals surface area contributed by atoms with Crippen LogP contribution in [0, 0.1) is 0 Å². The lowest BCUT2D eigenvalue weighted by Gasteiger charge is -2.08. The van der Waals surface area contributed by atoms with Crippen molar-refractivity contribution in [1.29, 1.82) is 0 Å². The Kier molecular flexibility index (Phi) is 5.56. The molecular formula is C16H20N6O2S. The molecule has 0 unspecified atom stereocenters. The zero-order valence-corrected chi connectivity index (χ0v) is 14.8. The highest BCUT2D eigenvalue weighted by Gasteiger charge is 2.15. The molecule has 0 saturated carbocycles. The fraction of sp³-hybridized carbons (Fsp3) is 0.375. The summed E-state index contributed by atoms with van der Waals surface area (Å²) in [4.78, 5) is 20.1. The van der Waals surface area contributed by atoms with Crippen LogP contribution in [0.1, 0.15) is 29.6 Å². The summed E-state index contributed by atoms with van der Waals surface area (Å²) in [6.07, 6.45) is 7.29. The maximum absolute atomic E-state index is 12.2. The van der Waals surface area contributed by atoms with Crippen LogP contribution >= 0.6 is 11.3 Å². The van der Waals surface area contributed by atoms with Gasteiger partial charge in [0.15, 0.2) is 5.82 Å². The number of nitrogens with one attached hydrogen (secondary N) is 1. The van der Waals surface area contributed by atoms with E-state index >= 15 is 0 Å². The van der Waals surface area contributed by atoms with Gasteiger partial charge in [0.2, 0.25) is 5.95 Å². The van der Waals surface area contributed by atoms with E-state index in [0.29, 0.717) is 16.9 Å². The van der Waals surface area contributed by atoms with Gasteiger partial charge in [0.1, 0.15) is 0 Å². The smallest absolute Gasteiger partial charge is 0.259 e. The van der Waals surface area contributed by atoms with Crippen molar-refractivity contribution in [3.8, 4) is 0 Å². The Bertz CT molecular complexity index is 844.